The standard InChI is InChI=1S/C20H18F2N6O2S/c1-27(31(2,29)30)18-14(5-4-9-23-18)12-28-10-8-13-11-24-20(26-19(13)28)25-17-15(21)6-3-7-16(17)22/h3-11H,12H2,1-2H3,(H,24,25,26). The van der Waals surface area contributed by atoms with E-state index < -0.39 is 21.7 Å². The normalized spacial score (nSPS) is 11.6. The SMILES string of the molecule is CN(c1ncccc1Cn1ccc2cnc(Nc3c(F)cccc3F)nc21)S(C)(=O)=O. The molecule has 0 saturated carbocycles. The van der Waals surface area contributed by atoms with Crippen LogP contribution in [-0.4, -0.2) is 41.2 Å². The van der Waals surface area contributed by atoms with Crippen molar-refractivity contribution >= 4 is 38.5 Å². The molecule has 11 heteroatoms. The monoisotopic (exact) mass is 444 g/mol. The van der Waals surface area contributed by atoms with Gasteiger partial charge in [0.15, 0.2) is 0 Å². The van der Waals surface area contributed by atoms with E-state index >= 15 is 0 Å². The van der Waals surface area contributed by atoms with Crippen molar-refractivity contribution in [3.63, 3.8) is 0 Å². The van der Waals surface area contributed by atoms with E-state index in [1.807, 2.05) is 0 Å². The van der Waals surface area contributed by atoms with Crippen LogP contribution in [0.1, 0.15) is 5.56 Å². The number of anilines is 3. The average Bonchev–Trinajstić information content (AvgIpc) is 3.12. The Labute approximate surface area is 177 Å². The summed E-state index contributed by atoms with van der Waals surface area (Å²) in [5.74, 6) is -1.20. The molecule has 1 aromatic carbocycles. The second-order valence-corrected chi connectivity index (χ2v) is 8.87. The van der Waals surface area contributed by atoms with Gasteiger partial charge in [-0.15, -0.1) is 0 Å². The minimum absolute atomic E-state index is 0.0242. The molecular formula is C20H18F2N6O2S. The molecule has 0 atom stereocenters. The number of pyridine rings is 1. The van der Waals surface area contributed by atoms with E-state index in [4.69, 9.17) is 0 Å². The van der Waals surface area contributed by atoms with Crippen LogP contribution in [0.2, 0.25) is 0 Å². The van der Waals surface area contributed by atoms with Gasteiger partial charge in [0.05, 0.1) is 12.8 Å². The number of benzene rings is 1. The number of para-hydroxylation sites is 1. The van der Waals surface area contributed by atoms with E-state index in [0.29, 0.717) is 22.4 Å². The topological polar surface area (TPSA) is 93.0 Å². The maximum absolute atomic E-state index is 13.9. The molecule has 0 saturated heterocycles. The molecule has 160 valence electrons. The summed E-state index contributed by atoms with van der Waals surface area (Å²) in [4.78, 5) is 12.7. The fraction of sp³-hybridized carbons (Fsp3) is 0.150. The van der Waals surface area contributed by atoms with Crippen LogP contribution in [-0.2, 0) is 16.6 Å². The smallest absolute Gasteiger partial charge is 0.233 e. The van der Waals surface area contributed by atoms with Crippen LogP contribution < -0.4 is 9.62 Å². The van der Waals surface area contributed by atoms with Crippen LogP contribution >= 0.6 is 0 Å². The van der Waals surface area contributed by atoms with Gasteiger partial charge in [0, 0.05) is 36.6 Å². The lowest BCUT2D eigenvalue weighted by molar-refractivity contribution is 0.590. The third kappa shape index (κ3) is 4.17. The molecule has 8 nitrogen and oxygen atoms in total. The van der Waals surface area contributed by atoms with Gasteiger partial charge in [-0.3, -0.25) is 4.31 Å². The van der Waals surface area contributed by atoms with Crippen LogP contribution in [0.25, 0.3) is 11.0 Å². The Morgan fingerprint density at radius 1 is 1.10 bits per heavy atom. The molecule has 0 amide bonds. The summed E-state index contributed by atoms with van der Waals surface area (Å²) >= 11 is 0. The maximum Gasteiger partial charge on any atom is 0.233 e. The first-order chi connectivity index (χ1) is 14.7. The lowest BCUT2D eigenvalue weighted by Gasteiger charge is -2.19. The Hall–Kier alpha value is -3.60. The zero-order chi connectivity index (χ0) is 22.2. The van der Waals surface area contributed by atoms with Gasteiger partial charge in [-0.25, -0.2) is 27.2 Å². The number of aromatic nitrogens is 4. The predicted octanol–water partition coefficient (Wildman–Crippen LogP) is 3.29. The maximum atomic E-state index is 13.9. The Bertz CT molecular complexity index is 1350. The summed E-state index contributed by atoms with van der Waals surface area (Å²) < 4.78 is 54.7. The number of nitrogens with zero attached hydrogens (tertiary/aromatic N) is 5. The van der Waals surface area contributed by atoms with Gasteiger partial charge in [0.2, 0.25) is 16.0 Å². The van der Waals surface area contributed by atoms with Crippen LogP contribution in [0.15, 0.2) is 55.0 Å². The lowest BCUT2D eigenvalue weighted by atomic mass is 10.2. The van der Waals surface area contributed by atoms with E-state index in [-0.39, 0.29) is 18.2 Å². The van der Waals surface area contributed by atoms with Gasteiger partial charge >= 0.3 is 0 Å². The molecule has 31 heavy (non-hydrogen) atoms. The number of hydrogen-bond acceptors (Lipinski definition) is 6. The highest BCUT2D eigenvalue weighted by Gasteiger charge is 2.18. The molecule has 0 aliphatic heterocycles. The lowest BCUT2D eigenvalue weighted by Crippen LogP contribution is -2.27. The van der Waals surface area contributed by atoms with Crippen molar-refractivity contribution in [2.24, 2.45) is 0 Å². The average molecular weight is 444 g/mol. The highest BCUT2D eigenvalue weighted by atomic mass is 32.2. The third-order valence-corrected chi connectivity index (χ3v) is 5.87. The molecule has 0 radical (unpaired) electrons. The van der Waals surface area contributed by atoms with Crippen molar-refractivity contribution in [2.75, 3.05) is 22.9 Å². The number of hydrogen-bond donors (Lipinski definition) is 1. The summed E-state index contributed by atoms with van der Waals surface area (Å²) in [5, 5.41) is 3.29. The minimum atomic E-state index is -3.49. The molecular weight excluding hydrogens is 426 g/mol. The number of rotatable bonds is 6. The van der Waals surface area contributed by atoms with Crippen molar-refractivity contribution < 1.29 is 17.2 Å². The molecule has 4 rings (SSSR count). The van der Waals surface area contributed by atoms with Crippen molar-refractivity contribution in [1.29, 1.82) is 0 Å². The van der Waals surface area contributed by atoms with Crippen molar-refractivity contribution in [2.45, 2.75) is 6.54 Å². The van der Waals surface area contributed by atoms with Crippen LogP contribution in [0.4, 0.5) is 26.2 Å². The molecule has 1 N–H and O–H groups in total. The molecule has 4 aromatic rings. The molecule has 0 bridgehead atoms. The molecule has 0 aliphatic rings. The number of nitrogens with one attached hydrogen (secondary N) is 1. The van der Waals surface area contributed by atoms with Gasteiger partial charge in [-0.05, 0) is 24.3 Å². The first kappa shape index (κ1) is 20.7. The zero-order valence-corrected chi connectivity index (χ0v) is 17.4. The van der Waals surface area contributed by atoms with Gasteiger partial charge in [-0.2, -0.15) is 4.98 Å². The van der Waals surface area contributed by atoms with Gasteiger partial charge in [-0.1, -0.05) is 12.1 Å². The van der Waals surface area contributed by atoms with Crippen molar-refractivity contribution in [3.8, 4) is 0 Å². The quantitative estimate of drug-likeness (QED) is 0.491. The summed E-state index contributed by atoms with van der Waals surface area (Å²) in [5.41, 5.74) is 0.816. The Morgan fingerprint density at radius 2 is 1.84 bits per heavy atom. The van der Waals surface area contributed by atoms with E-state index in [1.165, 1.54) is 25.5 Å². The predicted molar refractivity (Wildman–Crippen MR) is 114 cm³/mol. The Morgan fingerprint density at radius 3 is 2.55 bits per heavy atom. The molecule has 3 aromatic heterocycles. The second kappa shape index (κ2) is 7.91. The zero-order valence-electron chi connectivity index (χ0n) is 16.6. The van der Waals surface area contributed by atoms with E-state index in [1.54, 1.807) is 29.0 Å². The van der Waals surface area contributed by atoms with Gasteiger partial charge in [0.1, 0.15) is 28.8 Å². The first-order valence-corrected chi connectivity index (χ1v) is 11.0. The van der Waals surface area contributed by atoms with E-state index in [9.17, 15) is 17.2 Å². The van der Waals surface area contributed by atoms with E-state index in [2.05, 4.69) is 20.3 Å². The molecule has 0 aliphatic carbocycles. The highest BCUT2D eigenvalue weighted by Crippen LogP contribution is 2.24. The fourth-order valence-corrected chi connectivity index (χ4v) is 3.54. The molecule has 0 spiro atoms. The largest absolute Gasteiger partial charge is 0.328 e. The summed E-state index contributed by atoms with van der Waals surface area (Å²) in [6.45, 7) is 0.275. The summed E-state index contributed by atoms with van der Waals surface area (Å²) in [6.07, 6.45) is 5.92. The van der Waals surface area contributed by atoms with Crippen LogP contribution in [0.3, 0.4) is 0 Å². The highest BCUT2D eigenvalue weighted by molar-refractivity contribution is 7.92. The summed E-state index contributed by atoms with van der Waals surface area (Å²) in [7, 11) is -2.06. The van der Waals surface area contributed by atoms with Crippen LogP contribution in [0.5, 0.6) is 0 Å². The number of fused-ring (bicyclic) bond motifs is 1. The fourth-order valence-electron chi connectivity index (χ4n) is 3.07. The molecule has 0 fully saturated rings. The number of halogens is 2. The van der Waals surface area contributed by atoms with Gasteiger partial charge in [0.25, 0.3) is 0 Å². The van der Waals surface area contributed by atoms with Crippen LogP contribution in [0, 0.1) is 11.6 Å². The first-order valence-electron chi connectivity index (χ1n) is 9.15. The second-order valence-electron chi connectivity index (χ2n) is 6.85. The van der Waals surface area contributed by atoms with E-state index in [0.717, 1.165) is 22.7 Å². The minimum Gasteiger partial charge on any atom is -0.328 e. The number of sulfonamides is 1. The third-order valence-electron chi connectivity index (χ3n) is 4.71. The van der Waals surface area contributed by atoms with Crippen molar-refractivity contribution in [1.82, 2.24) is 19.5 Å². The molecule has 3 heterocycles. The van der Waals surface area contributed by atoms with Crippen molar-refractivity contribution in [3.05, 3.63) is 72.2 Å². The summed E-state index contributed by atoms with van der Waals surface area (Å²) in [6, 6.07) is 8.81. The Balaban J connectivity index is 1.70. The Kier molecular flexibility index (Phi) is 5.27. The molecule has 0 unspecified atom stereocenters. The van der Waals surface area contributed by atoms with Gasteiger partial charge < -0.3 is 9.88 Å².